The van der Waals surface area contributed by atoms with Gasteiger partial charge in [-0.05, 0) is 58.8 Å². The van der Waals surface area contributed by atoms with Gasteiger partial charge in [0, 0.05) is 12.8 Å². The highest BCUT2D eigenvalue weighted by atomic mass is 31.1. The van der Waals surface area contributed by atoms with E-state index in [0.717, 1.165) is 12.8 Å². The fourth-order valence-electron chi connectivity index (χ4n) is 5.28. The molecular formula is C27H35O3P. The summed E-state index contributed by atoms with van der Waals surface area (Å²) < 4.78 is 18.5. The number of ether oxygens (including phenoxy) is 3. The first-order valence-electron chi connectivity index (χ1n) is 11.8. The van der Waals surface area contributed by atoms with Crippen molar-refractivity contribution in [1.29, 1.82) is 0 Å². The summed E-state index contributed by atoms with van der Waals surface area (Å²) in [6, 6.07) is 14.0. The van der Waals surface area contributed by atoms with Gasteiger partial charge in [0.05, 0.1) is 11.7 Å². The van der Waals surface area contributed by atoms with Crippen LogP contribution in [0.3, 0.4) is 0 Å². The predicted molar refractivity (Wildman–Crippen MR) is 128 cm³/mol. The summed E-state index contributed by atoms with van der Waals surface area (Å²) in [5, 5.41) is 1.44. The van der Waals surface area contributed by atoms with Crippen LogP contribution < -0.4 is 5.30 Å². The zero-order valence-corrected chi connectivity index (χ0v) is 20.5. The van der Waals surface area contributed by atoms with Gasteiger partial charge in [0.1, 0.15) is 0 Å². The molecule has 0 aromatic heterocycles. The lowest BCUT2D eigenvalue weighted by atomic mass is 9.82. The van der Waals surface area contributed by atoms with Crippen molar-refractivity contribution in [3.05, 3.63) is 53.1 Å². The van der Waals surface area contributed by atoms with E-state index in [1.165, 1.54) is 33.1 Å². The molecule has 166 valence electrons. The van der Waals surface area contributed by atoms with Gasteiger partial charge in [-0.3, -0.25) is 0 Å². The van der Waals surface area contributed by atoms with Gasteiger partial charge < -0.3 is 14.2 Å². The van der Waals surface area contributed by atoms with Crippen molar-refractivity contribution in [2.75, 3.05) is 0 Å². The average molecular weight is 439 g/mol. The van der Waals surface area contributed by atoms with E-state index in [9.17, 15) is 0 Å². The lowest BCUT2D eigenvalue weighted by Crippen LogP contribution is -2.54. The molecule has 0 spiro atoms. The van der Waals surface area contributed by atoms with Gasteiger partial charge in [0.15, 0.2) is 12.6 Å². The smallest absolute Gasteiger partial charge is 0.164 e. The van der Waals surface area contributed by atoms with E-state index in [-0.39, 0.29) is 24.3 Å². The van der Waals surface area contributed by atoms with Crippen molar-refractivity contribution < 1.29 is 14.2 Å². The van der Waals surface area contributed by atoms with E-state index >= 15 is 0 Å². The van der Waals surface area contributed by atoms with Crippen LogP contribution in [0, 0.1) is 0 Å². The first-order chi connectivity index (χ1) is 14.8. The van der Waals surface area contributed by atoms with Crippen LogP contribution in [0.2, 0.25) is 0 Å². The van der Waals surface area contributed by atoms with Crippen LogP contribution in [0.25, 0.3) is 11.1 Å². The van der Waals surface area contributed by atoms with Crippen molar-refractivity contribution in [1.82, 2.24) is 0 Å². The van der Waals surface area contributed by atoms with Gasteiger partial charge >= 0.3 is 0 Å². The van der Waals surface area contributed by atoms with Crippen molar-refractivity contribution in [2.24, 2.45) is 0 Å². The van der Waals surface area contributed by atoms with E-state index in [1.807, 2.05) is 0 Å². The summed E-state index contributed by atoms with van der Waals surface area (Å²) in [5.74, 6) is 1.94. The molecular weight excluding hydrogens is 403 g/mol. The van der Waals surface area contributed by atoms with E-state index in [4.69, 9.17) is 14.2 Å². The van der Waals surface area contributed by atoms with E-state index in [0.29, 0.717) is 17.8 Å². The van der Waals surface area contributed by atoms with Gasteiger partial charge in [-0.25, -0.2) is 0 Å². The van der Waals surface area contributed by atoms with Gasteiger partial charge in [-0.15, -0.1) is 0 Å². The highest BCUT2D eigenvalue weighted by Gasteiger charge is 2.52. The summed E-state index contributed by atoms with van der Waals surface area (Å²) in [4.78, 5) is 0. The van der Waals surface area contributed by atoms with Crippen LogP contribution in [0.5, 0.6) is 0 Å². The van der Waals surface area contributed by atoms with Crippen molar-refractivity contribution in [3.8, 4) is 11.1 Å². The Labute approximate surface area is 188 Å². The van der Waals surface area contributed by atoms with Crippen LogP contribution in [0.1, 0.15) is 88.8 Å². The average Bonchev–Trinajstić information content (AvgIpc) is 2.72. The van der Waals surface area contributed by atoms with Crippen LogP contribution in [-0.2, 0) is 14.2 Å². The molecule has 0 amide bonds. The van der Waals surface area contributed by atoms with Crippen LogP contribution in [0.4, 0.5) is 0 Å². The number of rotatable bonds is 5. The molecule has 2 aromatic carbocycles. The Morgan fingerprint density at radius 2 is 1.29 bits per heavy atom. The van der Waals surface area contributed by atoms with E-state index in [2.05, 4.69) is 77.9 Å². The Balaban J connectivity index is 1.69. The molecule has 4 heteroatoms. The molecule has 0 saturated carbocycles. The monoisotopic (exact) mass is 438 g/mol. The van der Waals surface area contributed by atoms with Crippen molar-refractivity contribution >= 4 is 13.2 Å². The minimum atomic E-state index is -0.553. The quantitative estimate of drug-likeness (QED) is 0.470. The Bertz CT molecular complexity index is 908. The third-order valence-corrected chi connectivity index (χ3v) is 9.77. The Morgan fingerprint density at radius 3 is 1.81 bits per heavy atom. The molecule has 0 N–H and O–H groups in total. The molecule has 4 unspecified atom stereocenters. The van der Waals surface area contributed by atoms with E-state index < -0.39 is 7.92 Å². The fourth-order valence-corrected chi connectivity index (χ4v) is 8.32. The second kappa shape index (κ2) is 8.27. The molecule has 4 atom stereocenters. The van der Waals surface area contributed by atoms with Gasteiger partial charge in [-0.1, -0.05) is 77.9 Å². The molecule has 3 nitrogen and oxygen atoms in total. The maximum atomic E-state index is 6.31. The van der Waals surface area contributed by atoms with Gasteiger partial charge in [0.2, 0.25) is 0 Å². The molecule has 4 fully saturated rings. The first kappa shape index (κ1) is 21.6. The fraction of sp³-hybridized carbons (Fsp3) is 0.556. The second-order valence-electron chi connectivity index (χ2n) is 10.1. The Kier molecular flexibility index (Phi) is 5.76. The highest BCUT2D eigenvalue weighted by Crippen LogP contribution is 2.61. The summed E-state index contributed by atoms with van der Waals surface area (Å²) in [7, 11) is -0.553. The van der Waals surface area contributed by atoms with Gasteiger partial charge in [0.25, 0.3) is 0 Å². The molecule has 4 saturated heterocycles. The van der Waals surface area contributed by atoms with Crippen LogP contribution in [-0.4, -0.2) is 24.3 Å². The largest absolute Gasteiger partial charge is 0.344 e. The third-order valence-electron chi connectivity index (χ3n) is 6.91. The SMILES string of the molecule is CC(C)c1cc(C(C)C)c(-c2ccccc2P2C3CC4OC(CC2O4)O3)c(C(C)C)c1. The standard InChI is InChI=1S/C27H35O3P/c1-15(2)18-11-20(16(3)4)27(21(12-18)17(5)6)19-9-7-8-10-22(19)31-25-13-23-28-24(30-25)14-26(31)29-23/h7-12,15-17,23-26H,13-14H2,1-6H3. The molecule has 4 bridgehead atoms. The third kappa shape index (κ3) is 3.78. The Morgan fingerprint density at radius 1 is 0.742 bits per heavy atom. The molecule has 0 aliphatic carbocycles. The van der Waals surface area contributed by atoms with Gasteiger partial charge in [-0.2, -0.15) is 0 Å². The maximum Gasteiger partial charge on any atom is 0.164 e. The van der Waals surface area contributed by atoms with E-state index in [1.54, 1.807) is 0 Å². The first-order valence-corrected chi connectivity index (χ1v) is 13.3. The minimum Gasteiger partial charge on any atom is -0.344 e. The minimum absolute atomic E-state index is 0.0730. The molecule has 31 heavy (non-hydrogen) atoms. The summed E-state index contributed by atoms with van der Waals surface area (Å²) >= 11 is 0. The van der Waals surface area contributed by atoms with Crippen molar-refractivity contribution in [2.45, 2.75) is 96.4 Å². The zero-order chi connectivity index (χ0) is 21.9. The number of benzene rings is 2. The highest BCUT2D eigenvalue weighted by molar-refractivity contribution is 7.67. The Hall–Kier alpha value is -1.25. The topological polar surface area (TPSA) is 27.7 Å². The molecule has 4 heterocycles. The molecule has 2 aromatic rings. The lowest BCUT2D eigenvalue weighted by molar-refractivity contribution is -0.345. The summed E-state index contributed by atoms with van der Waals surface area (Å²) in [6.07, 6.45) is 1.56. The molecule has 4 aliphatic heterocycles. The lowest BCUT2D eigenvalue weighted by Gasteiger charge is -2.53. The number of hydrogen-bond acceptors (Lipinski definition) is 3. The van der Waals surface area contributed by atoms with Crippen LogP contribution >= 0.6 is 7.92 Å². The summed E-state index contributed by atoms with van der Waals surface area (Å²) in [6.45, 7) is 13.9. The zero-order valence-electron chi connectivity index (χ0n) is 19.6. The van der Waals surface area contributed by atoms with Crippen molar-refractivity contribution in [3.63, 3.8) is 0 Å². The molecule has 6 rings (SSSR count). The maximum absolute atomic E-state index is 6.31. The normalized spacial score (nSPS) is 29.5. The number of hydrogen-bond donors (Lipinski definition) is 0. The molecule has 0 radical (unpaired) electrons. The molecule has 4 aliphatic rings. The van der Waals surface area contributed by atoms with Crippen LogP contribution in [0.15, 0.2) is 36.4 Å². The predicted octanol–water partition coefficient (Wildman–Crippen LogP) is 7.01. The second-order valence-corrected chi connectivity index (χ2v) is 12.6. The summed E-state index contributed by atoms with van der Waals surface area (Å²) in [5.41, 5.74) is 7.20.